The summed E-state index contributed by atoms with van der Waals surface area (Å²) in [5, 5.41) is 0.849. The van der Waals surface area contributed by atoms with Gasteiger partial charge in [0.1, 0.15) is 17.1 Å². The van der Waals surface area contributed by atoms with Gasteiger partial charge in [0.15, 0.2) is 5.78 Å². The van der Waals surface area contributed by atoms with E-state index in [9.17, 15) is 14.0 Å². The Morgan fingerprint density at radius 2 is 2.12 bits per heavy atom. The molecule has 0 saturated carbocycles. The van der Waals surface area contributed by atoms with Gasteiger partial charge in [0.2, 0.25) is 0 Å². The Hall–Kier alpha value is -2.95. The molecule has 2 aromatic carbocycles. The number of esters is 1. The Bertz CT molecular complexity index is 1050. The number of hydrogen-bond donors (Lipinski definition) is 0. The fourth-order valence-electron chi connectivity index (χ4n) is 3.55. The van der Waals surface area contributed by atoms with Crippen LogP contribution in [0.1, 0.15) is 46.3 Å². The summed E-state index contributed by atoms with van der Waals surface area (Å²) in [7, 11) is 0. The maximum absolute atomic E-state index is 14.0. The molecule has 0 fully saturated rings. The first kappa shape index (κ1) is 16.5. The van der Waals surface area contributed by atoms with Crippen LogP contribution in [0.2, 0.25) is 0 Å². The molecule has 1 aromatic heterocycles. The number of hydrogen-bond acceptors (Lipinski definition) is 4. The molecule has 0 N–H and O–H groups in total. The molecule has 4 rings (SSSR count). The molecule has 4 nitrogen and oxygen atoms in total. The second-order valence-electron chi connectivity index (χ2n) is 6.77. The number of benzene rings is 2. The Morgan fingerprint density at radius 3 is 2.92 bits per heavy atom. The fraction of sp³-hybridized carbons (Fsp3) is 0.238. The highest BCUT2D eigenvalue weighted by atomic mass is 19.1. The number of fused-ring (bicyclic) bond motifs is 2. The lowest BCUT2D eigenvalue weighted by molar-refractivity contribution is -0.133. The third-order valence-electron chi connectivity index (χ3n) is 4.79. The van der Waals surface area contributed by atoms with E-state index in [-0.39, 0.29) is 35.9 Å². The quantitative estimate of drug-likeness (QED) is 0.506. The van der Waals surface area contributed by atoms with Gasteiger partial charge in [0.25, 0.3) is 0 Å². The molecule has 1 aliphatic carbocycles. The number of Topliss-reactive ketones (excluding diaryl/α,β-unsaturated/α-hetero) is 1. The minimum atomic E-state index is -0.519. The van der Waals surface area contributed by atoms with Crippen LogP contribution in [-0.4, -0.2) is 11.8 Å². The zero-order chi connectivity index (χ0) is 18.4. The minimum absolute atomic E-state index is 0.00591. The average Bonchev–Trinajstić information content (AvgIpc) is 3.11. The second kappa shape index (κ2) is 6.09. The normalized spacial score (nSPS) is 16.1. The van der Waals surface area contributed by atoms with Crippen molar-refractivity contribution in [1.82, 2.24) is 0 Å². The van der Waals surface area contributed by atoms with Crippen molar-refractivity contribution in [2.24, 2.45) is 0 Å². The summed E-state index contributed by atoms with van der Waals surface area (Å²) in [5.41, 5.74) is 3.02. The highest BCUT2D eigenvalue weighted by molar-refractivity contribution is 6.04. The van der Waals surface area contributed by atoms with E-state index >= 15 is 0 Å². The SMILES string of the molecule is Cc1ccc2c(CC(=O)Oc3ccc(F)c4c3C(=O)CC4C)coc2c1. The van der Waals surface area contributed by atoms with Gasteiger partial charge in [-0.3, -0.25) is 9.59 Å². The standard InChI is InChI=1S/C21H17FO4/c1-11-3-4-14-13(10-25-18(14)7-11)9-19(24)26-17-6-5-15(22)20-12(2)8-16(23)21(17)20/h3-7,10,12H,8-9H2,1-2H3. The molecular weight excluding hydrogens is 335 g/mol. The van der Waals surface area contributed by atoms with Gasteiger partial charge in [-0.15, -0.1) is 0 Å². The maximum atomic E-state index is 14.0. The van der Waals surface area contributed by atoms with Gasteiger partial charge in [0, 0.05) is 22.9 Å². The maximum Gasteiger partial charge on any atom is 0.315 e. The van der Waals surface area contributed by atoms with Gasteiger partial charge in [0.05, 0.1) is 18.2 Å². The Balaban J connectivity index is 1.60. The lowest BCUT2D eigenvalue weighted by Crippen LogP contribution is -2.13. The third-order valence-corrected chi connectivity index (χ3v) is 4.79. The van der Waals surface area contributed by atoms with Crippen molar-refractivity contribution in [3.63, 3.8) is 0 Å². The summed E-state index contributed by atoms with van der Waals surface area (Å²) in [6.45, 7) is 3.75. The van der Waals surface area contributed by atoms with E-state index in [1.165, 1.54) is 18.4 Å². The van der Waals surface area contributed by atoms with Crippen molar-refractivity contribution in [2.45, 2.75) is 32.6 Å². The van der Waals surface area contributed by atoms with E-state index in [1.807, 2.05) is 25.1 Å². The molecule has 0 saturated heterocycles. The van der Waals surface area contributed by atoms with Crippen LogP contribution in [0.3, 0.4) is 0 Å². The molecular formula is C21H17FO4. The zero-order valence-electron chi connectivity index (χ0n) is 14.5. The van der Waals surface area contributed by atoms with E-state index in [2.05, 4.69) is 0 Å². The fourth-order valence-corrected chi connectivity index (χ4v) is 3.55. The lowest BCUT2D eigenvalue weighted by Gasteiger charge is -2.10. The van der Waals surface area contributed by atoms with Crippen molar-refractivity contribution in [3.8, 4) is 5.75 Å². The van der Waals surface area contributed by atoms with E-state index < -0.39 is 11.8 Å². The molecule has 1 heterocycles. The molecule has 0 radical (unpaired) electrons. The molecule has 1 atom stereocenters. The molecule has 1 aliphatic rings. The van der Waals surface area contributed by atoms with Crippen molar-refractivity contribution < 1.29 is 23.1 Å². The number of carbonyl (C=O) groups excluding carboxylic acids is 2. The molecule has 0 spiro atoms. The summed E-state index contributed by atoms with van der Waals surface area (Å²) >= 11 is 0. The second-order valence-corrected chi connectivity index (χ2v) is 6.77. The first-order chi connectivity index (χ1) is 12.4. The Labute approximate surface area is 149 Å². The molecule has 26 heavy (non-hydrogen) atoms. The number of furan rings is 1. The van der Waals surface area contributed by atoms with Crippen LogP contribution in [0.15, 0.2) is 41.0 Å². The van der Waals surface area contributed by atoms with Crippen molar-refractivity contribution in [2.75, 3.05) is 0 Å². The Morgan fingerprint density at radius 1 is 1.31 bits per heavy atom. The summed E-state index contributed by atoms with van der Waals surface area (Å²) in [5.74, 6) is -1.23. The van der Waals surface area contributed by atoms with E-state index in [0.29, 0.717) is 16.7 Å². The summed E-state index contributed by atoms with van der Waals surface area (Å²) in [4.78, 5) is 24.6. The highest BCUT2D eigenvalue weighted by Gasteiger charge is 2.33. The zero-order valence-corrected chi connectivity index (χ0v) is 14.5. The largest absolute Gasteiger partial charge is 0.464 e. The van der Waals surface area contributed by atoms with Crippen LogP contribution < -0.4 is 4.74 Å². The van der Waals surface area contributed by atoms with E-state index in [0.717, 1.165) is 10.9 Å². The molecule has 5 heteroatoms. The van der Waals surface area contributed by atoms with Gasteiger partial charge >= 0.3 is 5.97 Å². The predicted molar refractivity (Wildman–Crippen MR) is 94.1 cm³/mol. The van der Waals surface area contributed by atoms with Gasteiger partial charge in [-0.25, -0.2) is 4.39 Å². The van der Waals surface area contributed by atoms with E-state index in [1.54, 1.807) is 6.92 Å². The van der Waals surface area contributed by atoms with Gasteiger partial charge in [-0.2, -0.15) is 0 Å². The summed E-state index contributed by atoms with van der Waals surface area (Å²) in [6.07, 6.45) is 1.77. The van der Waals surface area contributed by atoms with Crippen LogP contribution in [-0.2, 0) is 11.2 Å². The first-order valence-electron chi connectivity index (χ1n) is 8.47. The Kier molecular flexibility index (Phi) is 3.87. The van der Waals surface area contributed by atoms with Crippen LogP contribution in [0.4, 0.5) is 4.39 Å². The van der Waals surface area contributed by atoms with Crippen LogP contribution in [0.25, 0.3) is 11.0 Å². The summed E-state index contributed by atoms with van der Waals surface area (Å²) < 4.78 is 24.9. The minimum Gasteiger partial charge on any atom is -0.464 e. The monoisotopic (exact) mass is 352 g/mol. The number of halogens is 1. The first-order valence-corrected chi connectivity index (χ1v) is 8.47. The van der Waals surface area contributed by atoms with E-state index in [4.69, 9.17) is 9.15 Å². The van der Waals surface area contributed by atoms with Crippen molar-refractivity contribution >= 4 is 22.7 Å². The van der Waals surface area contributed by atoms with Crippen molar-refractivity contribution in [3.05, 3.63) is 64.7 Å². The number of rotatable bonds is 3. The van der Waals surface area contributed by atoms with Gasteiger partial charge in [-0.05, 0) is 36.6 Å². The molecule has 132 valence electrons. The van der Waals surface area contributed by atoms with Gasteiger partial charge in [-0.1, -0.05) is 19.1 Å². The average molecular weight is 352 g/mol. The summed E-state index contributed by atoms with van der Waals surface area (Å²) in [6, 6.07) is 8.33. The van der Waals surface area contributed by atoms with Crippen LogP contribution >= 0.6 is 0 Å². The molecule has 1 unspecified atom stereocenters. The topological polar surface area (TPSA) is 56.5 Å². The number of carbonyl (C=O) groups is 2. The lowest BCUT2D eigenvalue weighted by atomic mass is 10.0. The predicted octanol–water partition coefficient (Wildman–Crippen LogP) is 4.72. The number of aryl methyl sites for hydroxylation is 1. The molecule has 0 aliphatic heterocycles. The molecule has 0 amide bonds. The molecule has 3 aromatic rings. The van der Waals surface area contributed by atoms with Crippen LogP contribution in [0, 0.1) is 12.7 Å². The number of ketones is 1. The van der Waals surface area contributed by atoms with Gasteiger partial charge < -0.3 is 9.15 Å². The highest BCUT2D eigenvalue weighted by Crippen LogP contribution is 2.39. The smallest absolute Gasteiger partial charge is 0.315 e. The molecule has 0 bridgehead atoms. The number of ether oxygens (including phenoxy) is 1. The third kappa shape index (κ3) is 2.69. The van der Waals surface area contributed by atoms with Crippen molar-refractivity contribution in [1.29, 1.82) is 0 Å². The van der Waals surface area contributed by atoms with Crippen LogP contribution in [0.5, 0.6) is 5.75 Å².